The van der Waals surface area contributed by atoms with Gasteiger partial charge in [0.25, 0.3) is 0 Å². The van der Waals surface area contributed by atoms with E-state index in [1.165, 1.54) is 6.42 Å². The van der Waals surface area contributed by atoms with Crippen LogP contribution < -0.4 is 11.1 Å². The van der Waals surface area contributed by atoms with Crippen molar-refractivity contribution in [1.82, 2.24) is 10.3 Å². The molecule has 0 aliphatic carbocycles. The minimum Gasteiger partial charge on any atom is -0.330 e. The zero-order valence-corrected chi connectivity index (χ0v) is 11.3. The van der Waals surface area contributed by atoms with Gasteiger partial charge in [-0.25, -0.2) is 4.98 Å². The van der Waals surface area contributed by atoms with Gasteiger partial charge in [0.05, 0.1) is 10.7 Å². The summed E-state index contributed by atoms with van der Waals surface area (Å²) >= 11 is 1.70. The summed E-state index contributed by atoms with van der Waals surface area (Å²) in [7, 11) is 0. The van der Waals surface area contributed by atoms with E-state index in [1.54, 1.807) is 11.3 Å². The minimum absolute atomic E-state index is 0.583. The average molecular weight is 241 g/mol. The Hall–Kier alpha value is -0.450. The van der Waals surface area contributed by atoms with Crippen LogP contribution in [0.3, 0.4) is 0 Å². The number of aryl methyl sites for hydroxylation is 1. The maximum Gasteiger partial charge on any atom is 0.0897 e. The Balaban J connectivity index is 2.23. The fourth-order valence-electron chi connectivity index (χ4n) is 1.82. The third-order valence-corrected chi connectivity index (χ3v) is 3.37. The molecule has 3 nitrogen and oxygen atoms in total. The molecule has 4 heteroatoms. The van der Waals surface area contributed by atoms with Crippen molar-refractivity contribution in [1.29, 1.82) is 0 Å². The molecule has 0 aromatic carbocycles. The molecule has 1 atom stereocenters. The van der Waals surface area contributed by atoms with Gasteiger partial charge in [-0.15, -0.1) is 11.3 Å². The summed E-state index contributed by atoms with van der Waals surface area (Å²) in [6, 6.07) is 0. The Morgan fingerprint density at radius 1 is 1.50 bits per heavy atom. The smallest absolute Gasteiger partial charge is 0.0897 e. The maximum atomic E-state index is 5.75. The van der Waals surface area contributed by atoms with Gasteiger partial charge in [0.2, 0.25) is 0 Å². The van der Waals surface area contributed by atoms with Crippen molar-refractivity contribution in [2.45, 2.75) is 33.7 Å². The Morgan fingerprint density at radius 3 is 2.75 bits per heavy atom. The van der Waals surface area contributed by atoms with Crippen LogP contribution in [0, 0.1) is 18.8 Å². The van der Waals surface area contributed by atoms with E-state index in [2.05, 4.69) is 29.5 Å². The molecular formula is C12H23N3S. The van der Waals surface area contributed by atoms with Gasteiger partial charge in [-0.2, -0.15) is 0 Å². The summed E-state index contributed by atoms with van der Waals surface area (Å²) in [5.74, 6) is 1.30. The minimum atomic E-state index is 0.583. The molecule has 0 aliphatic rings. The highest BCUT2D eigenvalue weighted by Gasteiger charge is 2.08. The molecule has 0 fully saturated rings. The number of rotatable bonds is 7. The highest BCUT2D eigenvalue weighted by Crippen LogP contribution is 2.10. The van der Waals surface area contributed by atoms with Gasteiger partial charge in [-0.05, 0) is 38.3 Å². The summed E-state index contributed by atoms with van der Waals surface area (Å²) in [5, 5.41) is 6.68. The standard InChI is InChI=1S/C12H23N3S/c1-9(2)4-11(5-13)6-14-7-12-8-16-10(3)15-12/h8-9,11,14H,4-7,13H2,1-3H3. The number of nitrogens with two attached hydrogens (primary N) is 1. The number of nitrogens with zero attached hydrogens (tertiary/aromatic N) is 1. The molecule has 92 valence electrons. The number of hydrogen-bond acceptors (Lipinski definition) is 4. The van der Waals surface area contributed by atoms with E-state index >= 15 is 0 Å². The van der Waals surface area contributed by atoms with Crippen molar-refractivity contribution in [2.24, 2.45) is 17.6 Å². The van der Waals surface area contributed by atoms with E-state index in [-0.39, 0.29) is 0 Å². The lowest BCUT2D eigenvalue weighted by molar-refractivity contribution is 0.393. The topological polar surface area (TPSA) is 50.9 Å². The van der Waals surface area contributed by atoms with E-state index in [0.717, 1.165) is 36.3 Å². The number of nitrogens with one attached hydrogen (secondary N) is 1. The van der Waals surface area contributed by atoms with Crippen LogP contribution in [0.4, 0.5) is 0 Å². The first-order chi connectivity index (χ1) is 7.61. The van der Waals surface area contributed by atoms with Crippen molar-refractivity contribution >= 4 is 11.3 Å². The van der Waals surface area contributed by atoms with E-state index < -0.39 is 0 Å². The molecule has 16 heavy (non-hydrogen) atoms. The van der Waals surface area contributed by atoms with Crippen molar-refractivity contribution < 1.29 is 0 Å². The van der Waals surface area contributed by atoms with Crippen LogP contribution in [0.5, 0.6) is 0 Å². The zero-order chi connectivity index (χ0) is 12.0. The van der Waals surface area contributed by atoms with Crippen LogP contribution in [0.15, 0.2) is 5.38 Å². The summed E-state index contributed by atoms with van der Waals surface area (Å²) in [6.07, 6.45) is 1.19. The molecule has 1 unspecified atom stereocenters. The van der Waals surface area contributed by atoms with Crippen molar-refractivity contribution in [2.75, 3.05) is 13.1 Å². The summed E-state index contributed by atoms with van der Waals surface area (Å²) in [6.45, 7) is 9.14. The first-order valence-corrected chi connectivity index (χ1v) is 6.81. The fraction of sp³-hybridized carbons (Fsp3) is 0.750. The first-order valence-electron chi connectivity index (χ1n) is 5.93. The van der Waals surface area contributed by atoms with Crippen LogP contribution >= 0.6 is 11.3 Å². The van der Waals surface area contributed by atoms with Crippen LogP contribution in [0.2, 0.25) is 0 Å². The normalized spacial score (nSPS) is 13.3. The predicted molar refractivity (Wildman–Crippen MR) is 70.6 cm³/mol. The van der Waals surface area contributed by atoms with E-state index in [1.807, 2.05) is 6.92 Å². The molecule has 1 aromatic rings. The molecule has 0 radical (unpaired) electrons. The van der Waals surface area contributed by atoms with E-state index in [4.69, 9.17) is 5.73 Å². The number of aromatic nitrogens is 1. The average Bonchev–Trinajstić information content (AvgIpc) is 2.62. The van der Waals surface area contributed by atoms with Crippen LogP contribution in [-0.4, -0.2) is 18.1 Å². The Bertz CT molecular complexity index is 296. The first kappa shape index (κ1) is 13.6. The highest BCUT2D eigenvalue weighted by atomic mass is 32.1. The summed E-state index contributed by atoms with van der Waals surface area (Å²) < 4.78 is 0. The van der Waals surface area contributed by atoms with Gasteiger partial charge >= 0.3 is 0 Å². The van der Waals surface area contributed by atoms with Crippen molar-refractivity contribution in [3.05, 3.63) is 16.1 Å². The number of hydrogen-bond donors (Lipinski definition) is 2. The van der Waals surface area contributed by atoms with Crippen LogP contribution in [0.25, 0.3) is 0 Å². The largest absolute Gasteiger partial charge is 0.330 e. The second kappa shape index (κ2) is 6.99. The third kappa shape index (κ3) is 5.05. The predicted octanol–water partition coefficient (Wildman–Crippen LogP) is 2.16. The van der Waals surface area contributed by atoms with Crippen LogP contribution in [0.1, 0.15) is 31.0 Å². The fourth-order valence-corrected chi connectivity index (χ4v) is 2.44. The molecule has 0 saturated carbocycles. The van der Waals surface area contributed by atoms with Gasteiger partial charge in [0.15, 0.2) is 0 Å². The lowest BCUT2D eigenvalue weighted by Gasteiger charge is -2.17. The van der Waals surface area contributed by atoms with E-state index in [9.17, 15) is 0 Å². The summed E-state index contributed by atoms with van der Waals surface area (Å²) in [4.78, 5) is 4.42. The van der Waals surface area contributed by atoms with Gasteiger partial charge in [0, 0.05) is 11.9 Å². The lowest BCUT2D eigenvalue weighted by Crippen LogP contribution is -2.29. The molecule has 0 bridgehead atoms. The van der Waals surface area contributed by atoms with E-state index in [0.29, 0.717) is 5.92 Å². The summed E-state index contributed by atoms with van der Waals surface area (Å²) in [5.41, 5.74) is 6.89. The maximum absolute atomic E-state index is 5.75. The molecule has 1 rings (SSSR count). The van der Waals surface area contributed by atoms with Gasteiger partial charge in [0.1, 0.15) is 0 Å². The molecule has 1 heterocycles. The van der Waals surface area contributed by atoms with Crippen LogP contribution in [-0.2, 0) is 6.54 Å². The molecule has 1 aromatic heterocycles. The molecule has 0 spiro atoms. The molecule has 0 aliphatic heterocycles. The van der Waals surface area contributed by atoms with Gasteiger partial charge < -0.3 is 11.1 Å². The Morgan fingerprint density at radius 2 is 2.25 bits per heavy atom. The Labute approximate surface area is 102 Å². The Kier molecular flexibility index (Phi) is 5.95. The molecular weight excluding hydrogens is 218 g/mol. The molecule has 3 N–H and O–H groups in total. The lowest BCUT2D eigenvalue weighted by atomic mass is 9.97. The second-order valence-electron chi connectivity index (χ2n) is 4.72. The number of thiazole rings is 1. The van der Waals surface area contributed by atoms with Crippen molar-refractivity contribution in [3.8, 4) is 0 Å². The second-order valence-corrected chi connectivity index (χ2v) is 5.78. The highest BCUT2D eigenvalue weighted by molar-refractivity contribution is 7.09. The SMILES string of the molecule is Cc1nc(CNCC(CN)CC(C)C)cs1. The monoisotopic (exact) mass is 241 g/mol. The molecule has 0 amide bonds. The quantitative estimate of drug-likeness (QED) is 0.769. The third-order valence-electron chi connectivity index (χ3n) is 2.54. The van der Waals surface area contributed by atoms with Gasteiger partial charge in [-0.1, -0.05) is 13.8 Å². The van der Waals surface area contributed by atoms with Gasteiger partial charge in [-0.3, -0.25) is 0 Å². The van der Waals surface area contributed by atoms with Crippen molar-refractivity contribution in [3.63, 3.8) is 0 Å². The molecule has 0 saturated heterocycles. The zero-order valence-electron chi connectivity index (χ0n) is 10.5.